The van der Waals surface area contributed by atoms with E-state index < -0.39 is 0 Å². The summed E-state index contributed by atoms with van der Waals surface area (Å²) >= 11 is 0. The van der Waals surface area contributed by atoms with Crippen LogP contribution in [0.15, 0.2) is 30.3 Å². The molecule has 6 heteroatoms. The van der Waals surface area contributed by atoms with Gasteiger partial charge in [-0.05, 0) is 52.3 Å². The fourth-order valence-corrected chi connectivity index (χ4v) is 1.79. The molecule has 2 rings (SSSR count). The van der Waals surface area contributed by atoms with Crippen molar-refractivity contribution in [3.63, 3.8) is 0 Å². The second kappa shape index (κ2) is 8.74. The molecule has 0 aliphatic rings. The first-order valence-electron chi connectivity index (χ1n) is 8.56. The molecule has 0 bridgehead atoms. The molecule has 0 aliphatic carbocycles. The second-order valence-electron chi connectivity index (χ2n) is 7.77. The van der Waals surface area contributed by atoms with Crippen LogP contribution in [-0.2, 0) is 21.5 Å². The normalized spacial score (nSPS) is 11.5. The molecule has 0 fully saturated rings. The Kier molecular flexibility index (Phi) is 7.27. The quantitative estimate of drug-likeness (QED) is 0.792. The molecule has 0 spiro atoms. The first-order valence-corrected chi connectivity index (χ1v) is 8.56. The van der Waals surface area contributed by atoms with Gasteiger partial charge in [-0.3, -0.25) is 4.79 Å². The van der Waals surface area contributed by atoms with Crippen molar-refractivity contribution in [2.24, 2.45) is 0 Å². The molecular weight excluding hydrogens is 316 g/mol. The van der Waals surface area contributed by atoms with E-state index in [0.29, 0.717) is 6.42 Å². The molecule has 0 saturated carbocycles. The number of rotatable bonds is 3. The van der Waals surface area contributed by atoms with E-state index in [1.807, 2.05) is 39.0 Å². The molecule has 0 saturated heterocycles. The van der Waals surface area contributed by atoms with Crippen LogP contribution in [0.25, 0.3) is 0 Å². The first-order chi connectivity index (χ1) is 11.5. The third-order valence-corrected chi connectivity index (χ3v) is 2.97. The number of tetrazole rings is 1. The lowest BCUT2D eigenvalue weighted by atomic mass is 10.1. The summed E-state index contributed by atoms with van der Waals surface area (Å²) in [7, 11) is 0. The third-order valence-electron chi connectivity index (χ3n) is 2.97. The van der Waals surface area contributed by atoms with Crippen LogP contribution in [0.3, 0.4) is 0 Å². The van der Waals surface area contributed by atoms with Gasteiger partial charge < -0.3 is 4.74 Å². The summed E-state index contributed by atoms with van der Waals surface area (Å²) in [5.74, 6) is 0.628. The number of carbonyl (C=O) groups excluding carboxylic acids is 1. The summed E-state index contributed by atoms with van der Waals surface area (Å²) in [4.78, 5) is 12.3. The second-order valence-corrected chi connectivity index (χ2v) is 7.77. The lowest BCUT2D eigenvalue weighted by molar-refractivity contribution is -0.154. The number of hydrogen-bond acceptors (Lipinski definition) is 5. The topological polar surface area (TPSA) is 69.9 Å². The van der Waals surface area contributed by atoms with Crippen LogP contribution < -0.4 is 0 Å². The molecule has 0 radical (unpaired) electrons. The summed E-state index contributed by atoms with van der Waals surface area (Å²) < 4.78 is 4.95. The van der Waals surface area contributed by atoms with Crippen molar-refractivity contribution >= 4 is 5.97 Å². The fraction of sp³-hybridized carbons (Fsp3) is 0.579. The minimum absolute atomic E-state index is 0.109. The van der Waals surface area contributed by atoms with Gasteiger partial charge in [0.05, 0.1) is 5.54 Å². The zero-order chi connectivity index (χ0) is 19.1. The van der Waals surface area contributed by atoms with E-state index in [1.54, 1.807) is 11.7 Å². The highest BCUT2D eigenvalue weighted by Crippen LogP contribution is 2.10. The summed E-state index contributed by atoms with van der Waals surface area (Å²) in [6.45, 7) is 13.5. The van der Waals surface area contributed by atoms with Crippen LogP contribution in [0.4, 0.5) is 0 Å². The van der Waals surface area contributed by atoms with E-state index in [1.165, 1.54) is 5.56 Å². The third kappa shape index (κ3) is 8.42. The van der Waals surface area contributed by atoms with E-state index in [2.05, 4.69) is 48.3 Å². The van der Waals surface area contributed by atoms with Gasteiger partial charge in [0.2, 0.25) is 0 Å². The number of ether oxygens (including phenoxy) is 1. The average Bonchev–Trinajstić information content (AvgIpc) is 2.96. The van der Waals surface area contributed by atoms with E-state index in [0.717, 1.165) is 12.2 Å². The monoisotopic (exact) mass is 346 g/mol. The minimum atomic E-state index is -0.326. The Labute approximate surface area is 150 Å². The van der Waals surface area contributed by atoms with Crippen molar-refractivity contribution in [3.8, 4) is 0 Å². The molecule has 1 heterocycles. The zero-order valence-corrected chi connectivity index (χ0v) is 16.4. The number of benzene rings is 1. The van der Waals surface area contributed by atoms with Crippen molar-refractivity contribution in [2.45, 2.75) is 72.4 Å². The van der Waals surface area contributed by atoms with E-state index in [9.17, 15) is 4.79 Å². The molecule has 1 aromatic heterocycles. The van der Waals surface area contributed by atoms with Gasteiger partial charge in [-0.25, -0.2) is 0 Å². The highest BCUT2D eigenvalue weighted by atomic mass is 16.6. The van der Waals surface area contributed by atoms with Crippen molar-refractivity contribution in [1.82, 2.24) is 20.2 Å². The summed E-state index contributed by atoms with van der Waals surface area (Å²) in [6.07, 6.45) is 1.19. The van der Waals surface area contributed by atoms with E-state index >= 15 is 0 Å². The molecule has 138 valence electrons. The lowest BCUT2D eigenvalue weighted by Crippen LogP contribution is -2.24. The van der Waals surface area contributed by atoms with Crippen LogP contribution in [0.1, 0.15) is 66.3 Å². The van der Waals surface area contributed by atoms with Crippen molar-refractivity contribution in [1.29, 1.82) is 0 Å². The molecule has 6 nitrogen and oxygen atoms in total. The van der Waals surface area contributed by atoms with Crippen LogP contribution in [0.2, 0.25) is 0 Å². The van der Waals surface area contributed by atoms with E-state index in [-0.39, 0.29) is 17.1 Å². The summed E-state index contributed by atoms with van der Waals surface area (Å²) in [5, 5.41) is 12.5. The molecule has 0 amide bonds. The highest BCUT2D eigenvalue weighted by Gasteiger charge is 2.16. The Morgan fingerprint density at radius 1 is 1.08 bits per heavy atom. The number of esters is 1. The molecular formula is C19H30N4O2. The predicted octanol–water partition coefficient (Wildman–Crippen LogP) is 3.76. The number of nitrogens with zero attached hydrogens (tertiary/aromatic N) is 4. The number of carbonyl (C=O) groups is 1. The van der Waals surface area contributed by atoms with Crippen LogP contribution in [0, 0.1) is 0 Å². The Morgan fingerprint density at radius 3 is 2.08 bits per heavy atom. The fourth-order valence-electron chi connectivity index (χ4n) is 1.79. The van der Waals surface area contributed by atoms with Crippen LogP contribution >= 0.6 is 0 Å². The number of hydrogen-bond donors (Lipinski definition) is 0. The van der Waals surface area contributed by atoms with Gasteiger partial charge in [0.25, 0.3) is 0 Å². The standard InChI is InChI=1S/C12H16N4.C7H14O2/c1-12(2,3)16-14-11(13-15-16)9-10-7-5-4-6-8-10;1-5-6(8)9-7(2,3)4/h4-8H,9H2,1-3H3;5H2,1-4H3. The molecule has 1 aromatic carbocycles. The van der Waals surface area contributed by atoms with Gasteiger partial charge in [0, 0.05) is 12.8 Å². The lowest BCUT2D eigenvalue weighted by Gasteiger charge is -2.18. The van der Waals surface area contributed by atoms with Gasteiger partial charge in [0.1, 0.15) is 5.60 Å². The van der Waals surface area contributed by atoms with Crippen LogP contribution in [-0.4, -0.2) is 31.8 Å². The van der Waals surface area contributed by atoms with Crippen LogP contribution in [0.5, 0.6) is 0 Å². The minimum Gasteiger partial charge on any atom is -0.460 e. The van der Waals surface area contributed by atoms with Gasteiger partial charge in [-0.1, -0.05) is 37.3 Å². The number of aromatic nitrogens is 4. The zero-order valence-electron chi connectivity index (χ0n) is 16.4. The predicted molar refractivity (Wildman–Crippen MR) is 98.2 cm³/mol. The van der Waals surface area contributed by atoms with Crippen molar-refractivity contribution in [2.75, 3.05) is 0 Å². The molecule has 0 N–H and O–H groups in total. The Bertz CT molecular complexity index is 652. The molecule has 25 heavy (non-hydrogen) atoms. The van der Waals surface area contributed by atoms with Gasteiger partial charge >= 0.3 is 5.97 Å². The van der Waals surface area contributed by atoms with Gasteiger partial charge in [0.15, 0.2) is 5.82 Å². The molecule has 2 aromatic rings. The van der Waals surface area contributed by atoms with Gasteiger partial charge in [-0.2, -0.15) is 4.80 Å². The van der Waals surface area contributed by atoms with E-state index in [4.69, 9.17) is 4.74 Å². The maximum Gasteiger partial charge on any atom is 0.306 e. The maximum atomic E-state index is 10.6. The van der Waals surface area contributed by atoms with Crippen molar-refractivity contribution in [3.05, 3.63) is 41.7 Å². The summed E-state index contributed by atoms with van der Waals surface area (Å²) in [6, 6.07) is 10.2. The Balaban J connectivity index is 0.000000299. The van der Waals surface area contributed by atoms with Crippen molar-refractivity contribution < 1.29 is 9.53 Å². The highest BCUT2D eigenvalue weighted by molar-refractivity contribution is 5.69. The maximum absolute atomic E-state index is 10.6. The SMILES string of the molecule is CC(C)(C)n1nnc(Cc2ccccc2)n1.CCC(=O)OC(C)(C)C. The first kappa shape index (κ1) is 20.8. The molecule has 0 atom stereocenters. The van der Waals surface area contributed by atoms with Gasteiger partial charge in [-0.15, -0.1) is 10.2 Å². The Hall–Kier alpha value is -2.24. The Morgan fingerprint density at radius 2 is 1.68 bits per heavy atom. The molecule has 0 aliphatic heterocycles. The average molecular weight is 346 g/mol. The largest absolute Gasteiger partial charge is 0.460 e. The smallest absolute Gasteiger partial charge is 0.306 e. The molecule has 0 unspecified atom stereocenters. The summed E-state index contributed by atoms with van der Waals surface area (Å²) in [5.41, 5.74) is 0.769.